The largest absolute Gasteiger partial charge is 0.382 e. The van der Waals surface area contributed by atoms with Crippen LogP contribution < -0.4 is 5.73 Å². The molecule has 0 saturated carbocycles. The molecule has 0 heterocycles. The molecule has 0 radical (unpaired) electrons. The predicted molar refractivity (Wildman–Crippen MR) is 30.5 cm³/mol. The summed E-state index contributed by atoms with van der Waals surface area (Å²) in [7, 11) is 0. The Kier molecular flexibility index (Phi) is 1.93. The van der Waals surface area contributed by atoms with Gasteiger partial charge >= 0.3 is 0 Å². The van der Waals surface area contributed by atoms with Crippen molar-refractivity contribution in [3.8, 4) is 0 Å². The fourth-order valence-corrected chi connectivity index (χ4v) is 0.301. The summed E-state index contributed by atoms with van der Waals surface area (Å²) in [5.41, 5.74) is 2.94. The lowest BCUT2D eigenvalue weighted by molar-refractivity contribution is -0.145. The van der Waals surface area contributed by atoms with Crippen LogP contribution in [0, 0.1) is 0 Å². The van der Waals surface area contributed by atoms with E-state index >= 15 is 0 Å². The van der Waals surface area contributed by atoms with Crippen molar-refractivity contribution in [2.75, 3.05) is 0 Å². The van der Waals surface area contributed by atoms with Gasteiger partial charge in [0.25, 0.3) is 5.91 Å². The fraction of sp³-hybridized carbons (Fsp3) is 0.600. The van der Waals surface area contributed by atoms with Gasteiger partial charge in [0, 0.05) is 0 Å². The number of hydrogen-bond acceptors (Lipinski definition) is 3. The van der Waals surface area contributed by atoms with E-state index in [0.717, 1.165) is 0 Å². The highest BCUT2D eigenvalue weighted by Gasteiger charge is 2.27. The average Bonchev–Trinajstić information content (AvgIpc) is 1.62. The number of Topliss-reactive ketones (excluding diaryl/α,β-unsaturated/α-hetero) is 1. The number of nitrogens with two attached hydrogens (primary N) is 1. The molecule has 52 valence electrons. The molecule has 0 bridgehead atoms. The van der Waals surface area contributed by atoms with Gasteiger partial charge in [0.2, 0.25) is 5.78 Å². The molecule has 0 aliphatic rings. The smallest absolute Gasteiger partial charge is 0.287 e. The maximum atomic E-state index is 10.4. The Morgan fingerprint density at radius 1 is 1.44 bits per heavy atom. The molecule has 0 aliphatic carbocycles. The van der Waals surface area contributed by atoms with Gasteiger partial charge in [0.1, 0.15) is 5.60 Å². The van der Waals surface area contributed by atoms with Crippen LogP contribution in [0.25, 0.3) is 0 Å². The van der Waals surface area contributed by atoms with Crippen LogP contribution in [-0.4, -0.2) is 22.4 Å². The normalized spacial score (nSPS) is 11.0. The van der Waals surface area contributed by atoms with Gasteiger partial charge in [0.15, 0.2) is 0 Å². The predicted octanol–water partition coefficient (Wildman–Crippen LogP) is -1.19. The molecular formula is C5H9NO3. The highest BCUT2D eigenvalue weighted by Crippen LogP contribution is 2.00. The van der Waals surface area contributed by atoms with E-state index in [9.17, 15) is 9.59 Å². The molecule has 0 aromatic carbocycles. The molecule has 0 unspecified atom stereocenters. The minimum absolute atomic E-state index is 0.970. The Labute approximate surface area is 52.7 Å². The number of ketones is 1. The number of carbonyl (C=O) groups is 2. The van der Waals surface area contributed by atoms with Crippen LogP contribution in [0.15, 0.2) is 0 Å². The molecule has 0 spiro atoms. The van der Waals surface area contributed by atoms with Gasteiger partial charge in [-0.1, -0.05) is 0 Å². The first kappa shape index (κ1) is 8.10. The van der Waals surface area contributed by atoms with Crippen molar-refractivity contribution in [2.45, 2.75) is 19.4 Å². The van der Waals surface area contributed by atoms with Crippen LogP contribution in [0.2, 0.25) is 0 Å². The average molecular weight is 131 g/mol. The zero-order chi connectivity index (χ0) is 7.65. The minimum Gasteiger partial charge on any atom is -0.382 e. The standard InChI is InChI=1S/C5H9NO3/c1-5(2,9)3(7)4(6)8/h9H,1-2H3,(H2,6,8). The topological polar surface area (TPSA) is 80.4 Å². The van der Waals surface area contributed by atoms with E-state index in [2.05, 4.69) is 5.73 Å². The molecule has 0 atom stereocenters. The number of primary amides is 1. The van der Waals surface area contributed by atoms with Crippen molar-refractivity contribution in [1.82, 2.24) is 0 Å². The molecule has 1 amide bonds. The van der Waals surface area contributed by atoms with Crippen molar-refractivity contribution >= 4 is 11.7 Å². The van der Waals surface area contributed by atoms with Crippen LogP contribution >= 0.6 is 0 Å². The van der Waals surface area contributed by atoms with Crippen LogP contribution in [0.4, 0.5) is 0 Å². The first-order valence-corrected chi connectivity index (χ1v) is 2.42. The Morgan fingerprint density at radius 3 is 1.78 bits per heavy atom. The molecule has 0 rings (SSSR count). The minimum atomic E-state index is -1.63. The van der Waals surface area contributed by atoms with Gasteiger partial charge in [-0.15, -0.1) is 0 Å². The van der Waals surface area contributed by atoms with E-state index in [1.165, 1.54) is 13.8 Å². The number of carbonyl (C=O) groups excluding carboxylic acids is 2. The van der Waals surface area contributed by atoms with Crippen molar-refractivity contribution in [2.24, 2.45) is 5.73 Å². The molecule has 3 N–H and O–H groups in total. The summed E-state index contributed by atoms with van der Waals surface area (Å²) in [6.45, 7) is 2.42. The van der Waals surface area contributed by atoms with E-state index in [-0.39, 0.29) is 0 Å². The number of aliphatic hydroxyl groups is 1. The molecule has 4 nitrogen and oxygen atoms in total. The summed E-state index contributed by atoms with van der Waals surface area (Å²) in [5, 5.41) is 8.81. The number of rotatable bonds is 2. The van der Waals surface area contributed by atoms with Gasteiger partial charge in [-0.2, -0.15) is 0 Å². The van der Waals surface area contributed by atoms with Crippen molar-refractivity contribution in [3.05, 3.63) is 0 Å². The Bertz CT molecular complexity index is 145. The maximum absolute atomic E-state index is 10.4. The number of hydrogen-bond donors (Lipinski definition) is 2. The van der Waals surface area contributed by atoms with Gasteiger partial charge in [-0.05, 0) is 13.8 Å². The Balaban J connectivity index is 4.23. The zero-order valence-corrected chi connectivity index (χ0v) is 5.34. The second-order valence-electron chi connectivity index (χ2n) is 2.25. The summed E-state index contributed by atoms with van der Waals surface area (Å²) in [6, 6.07) is 0. The Morgan fingerprint density at radius 2 is 1.78 bits per heavy atom. The lowest BCUT2D eigenvalue weighted by Gasteiger charge is -2.11. The van der Waals surface area contributed by atoms with Gasteiger partial charge in [-0.25, -0.2) is 0 Å². The summed E-state index contributed by atoms with van der Waals surface area (Å²) in [4.78, 5) is 20.5. The molecule has 0 fully saturated rings. The zero-order valence-electron chi connectivity index (χ0n) is 5.34. The third-order valence-electron chi connectivity index (χ3n) is 0.779. The summed E-state index contributed by atoms with van der Waals surface area (Å²) < 4.78 is 0. The molecule has 9 heavy (non-hydrogen) atoms. The van der Waals surface area contributed by atoms with E-state index in [0.29, 0.717) is 0 Å². The Hall–Kier alpha value is -0.900. The third kappa shape index (κ3) is 2.23. The molecule has 0 aromatic rings. The first-order valence-electron chi connectivity index (χ1n) is 2.42. The second-order valence-corrected chi connectivity index (χ2v) is 2.25. The van der Waals surface area contributed by atoms with E-state index in [1.807, 2.05) is 0 Å². The summed E-state index contributed by atoms with van der Waals surface area (Å²) in [6.07, 6.45) is 0. The van der Waals surface area contributed by atoms with E-state index in [1.54, 1.807) is 0 Å². The lowest BCUT2D eigenvalue weighted by Crippen LogP contribution is -2.40. The molecular weight excluding hydrogens is 122 g/mol. The summed E-state index contributed by atoms with van der Waals surface area (Å²) >= 11 is 0. The first-order chi connectivity index (χ1) is 3.85. The third-order valence-corrected chi connectivity index (χ3v) is 0.779. The highest BCUT2D eigenvalue weighted by atomic mass is 16.3. The second kappa shape index (κ2) is 2.14. The van der Waals surface area contributed by atoms with Gasteiger partial charge in [-0.3, -0.25) is 9.59 Å². The SMILES string of the molecule is CC(C)(O)C(=O)C(N)=O. The van der Waals surface area contributed by atoms with Crippen molar-refractivity contribution in [1.29, 1.82) is 0 Å². The number of amides is 1. The van der Waals surface area contributed by atoms with Gasteiger partial charge in [0.05, 0.1) is 0 Å². The van der Waals surface area contributed by atoms with Gasteiger partial charge < -0.3 is 10.8 Å². The van der Waals surface area contributed by atoms with Crippen LogP contribution in [0.5, 0.6) is 0 Å². The highest BCUT2D eigenvalue weighted by molar-refractivity contribution is 6.38. The van der Waals surface area contributed by atoms with Crippen LogP contribution in [-0.2, 0) is 9.59 Å². The molecule has 0 aromatic heterocycles. The maximum Gasteiger partial charge on any atom is 0.287 e. The van der Waals surface area contributed by atoms with E-state index in [4.69, 9.17) is 5.11 Å². The van der Waals surface area contributed by atoms with Crippen LogP contribution in [0.3, 0.4) is 0 Å². The fourth-order valence-electron chi connectivity index (χ4n) is 0.301. The van der Waals surface area contributed by atoms with Crippen molar-refractivity contribution in [3.63, 3.8) is 0 Å². The monoisotopic (exact) mass is 131 g/mol. The van der Waals surface area contributed by atoms with E-state index < -0.39 is 17.3 Å². The molecule has 4 heteroatoms. The summed E-state index contributed by atoms with van der Waals surface area (Å²) in [5.74, 6) is -2.08. The van der Waals surface area contributed by atoms with Crippen LogP contribution in [0.1, 0.15) is 13.8 Å². The van der Waals surface area contributed by atoms with Crippen molar-refractivity contribution < 1.29 is 14.7 Å². The molecule has 0 aliphatic heterocycles. The lowest BCUT2D eigenvalue weighted by atomic mass is 10.0. The molecule has 0 saturated heterocycles. The quantitative estimate of drug-likeness (QED) is 0.462.